The Morgan fingerprint density at radius 2 is 1.70 bits per heavy atom. The van der Waals surface area contributed by atoms with Crippen LogP contribution in [-0.4, -0.2) is 42.4 Å². The Morgan fingerprint density at radius 3 is 2.41 bits per heavy atom. The summed E-state index contributed by atoms with van der Waals surface area (Å²) in [5.74, 6) is 0.419. The highest BCUT2D eigenvalue weighted by Crippen LogP contribution is 2.37. The molecule has 0 bridgehead atoms. The van der Waals surface area contributed by atoms with Crippen LogP contribution in [0.25, 0.3) is 11.1 Å². The number of amides is 1. The molecule has 0 aliphatic carbocycles. The van der Waals surface area contributed by atoms with E-state index in [1.54, 1.807) is 0 Å². The Labute approximate surface area is 166 Å². The van der Waals surface area contributed by atoms with E-state index in [4.69, 9.17) is 11.6 Å². The van der Waals surface area contributed by atoms with E-state index in [1.807, 2.05) is 36.2 Å². The summed E-state index contributed by atoms with van der Waals surface area (Å²) in [5, 5.41) is 0.764. The Bertz CT molecular complexity index is 798. The van der Waals surface area contributed by atoms with Gasteiger partial charge in [0.15, 0.2) is 0 Å². The number of nitrogens with zero attached hydrogens (tertiary/aromatic N) is 2. The van der Waals surface area contributed by atoms with Crippen LogP contribution < -0.4 is 0 Å². The fourth-order valence-corrected chi connectivity index (χ4v) is 4.76. The molecule has 0 spiro atoms. The molecule has 2 heterocycles. The third kappa shape index (κ3) is 3.90. The largest absolute Gasteiger partial charge is 0.338 e. The van der Waals surface area contributed by atoms with E-state index >= 15 is 0 Å². The van der Waals surface area contributed by atoms with Crippen LogP contribution in [0, 0.1) is 5.92 Å². The van der Waals surface area contributed by atoms with Crippen LogP contribution in [0.1, 0.15) is 37.3 Å². The normalized spacial score (nSPS) is 23.8. The average molecular weight is 383 g/mol. The predicted octanol–water partition coefficient (Wildman–Crippen LogP) is 5.01. The topological polar surface area (TPSA) is 23.6 Å². The molecule has 2 aromatic carbocycles. The Hall–Kier alpha value is -1.84. The number of rotatable bonds is 4. The van der Waals surface area contributed by atoms with Crippen molar-refractivity contribution in [2.75, 3.05) is 26.7 Å². The van der Waals surface area contributed by atoms with Crippen molar-refractivity contribution < 1.29 is 4.79 Å². The number of hydrogen-bond acceptors (Lipinski definition) is 2. The molecule has 4 rings (SSSR count). The standard InChI is InChI=1S/C23H27ClN2O/c1-25-22(15-19(23(25)27)16-26-13-5-2-6-14-26)18-11-9-17(10-12-18)20-7-3-4-8-21(20)24/h3-4,7-12,19,22H,2,5-6,13-16H2,1H3/t19-,22+/m1/s1. The van der Waals surface area contributed by atoms with Crippen LogP contribution in [0.5, 0.6) is 0 Å². The van der Waals surface area contributed by atoms with Crippen molar-refractivity contribution in [2.24, 2.45) is 5.92 Å². The smallest absolute Gasteiger partial charge is 0.227 e. The molecule has 2 fully saturated rings. The molecule has 0 unspecified atom stereocenters. The minimum atomic E-state index is 0.126. The highest BCUT2D eigenvalue weighted by molar-refractivity contribution is 6.33. The molecule has 2 saturated heterocycles. The monoisotopic (exact) mass is 382 g/mol. The van der Waals surface area contributed by atoms with Crippen LogP contribution in [-0.2, 0) is 4.79 Å². The SMILES string of the molecule is CN1C(=O)[C@@H](CN2CCCCC2)C[C@H]1c1ccc(-c2ccccc2Cl)cc1. The first-order valence-electron chi connectivity index (χ1n) is 9.97. The van der Waals surface area contributed by atoms with Crippen LogP contribution >= 0.6 is 11.6 Å². The molecular weight excluding hydrogens is 356 g/mol. The number of likely N-dealkylation sites (tertiary alicyclic amines) is 2. The first kappa shape index (κ1) is 18.5. The van der Waals surface area contributed by atoms with Gasteiger partial charge in [-0.15, -0.1) is 0 Å². The number of benzene rings is 2. The summed E-state index contributed by atoms with van der Waals surface area (Å²) in [7, 11) is 1.95. The summed E-state index contributed by atoms with van der Waals surface area (Å²) < 4.78 is 0. The molecular formula is C23H27ClN2O. The highest BCUT2D eigenvalue weighted by atomic mass is 35.5. The fraction of sp³-hybridized carbons (Fsp3) is 0.435. The van der Waals surface area contributed by atoms with Crippen molar-refractivity contribution in [3.8, 4) is 11.1 Å². The predicted molar refractivity (Wildman–Crippen MR) is 111 cm³/mol. The quantitative estimate of drug-likeness (QED) is 0.741. The summed E-state index contributed by atoms with van der Waals surface area (Å²) in [4.78, 5) is 17.2. The van der Waals surface area contributed by atoms with E-state index in [-0.39, 0.29) is 12.0 Å². The zero-order chi connectivity index (χ0) is 18.8. The van der Waals surface area contributed by atoms with Crippen molar-refractivity contribution in [2.45, 2.75) is 31.7 Å². The number of hydrogen-bond donors (Lipinski definition) is 0. The zero-order valence-electron chi connectivity index (χ0n) is 15.9. The fourth-order valence-electron chi connectivity index (χ4n) is 4.52. The molecule has 142 valence electrons. The van der Waals surface area contributed by atoms with E-state index in [1.165, 1.54) is 24.8 Å². The number of halogens is 1. The first-order chi connectivity index (χ1) is 13.1. The molecule has 0 radical (unpaired) electrons. The van der Waals surface area contributed by atoms with Crippen LogP contribution in [0.4, 0.5) is 0 Å². The molecule has 27 heavy (non-hydrogen) atoms. The Morgan fingerprint density at radius 1 is 1.00 bits per heavy atom. The molecule has 3 nitrogen and oxygen atoms in total. The van der Waals surface area contributed by atoms with Crippen LogP contribution in [0.2, 0.25) is 5.02 Å². The van der Waals surface area contributed by atoms with Gasteiger partial charge >= 0.3 is 0 Å². The van der Waals surface area contributed by atoms with E-state index < -0.39 is 0 Å². The number of carbonyl (C=O) groups is 1. The maximum absolute atomic E-state index is 12.8. The number of carbonyl (C=O) groups excluding carboxylic acids is 1. The molecule has 4 heteroatoms. The second-order valence-electron chi connectivity index (χ2n) is 7.86. The van der Waals surface area contributed by atoms with E-state index in [9.17, 15) is 4.79 Å². The molecule has 1 amide bonds. The van der Waals surface area contributed by atoms with Crippen LogP contribution in [0.15, 0.2) is 48.5 Å². The Balaban J connectivity index is 1.48. The van der Waals surface area contributed by atoms with Gasteiger partial charge in [-0.3, -0.25) is 4.79 Å². The van der Waals surface area contributed by atoms with Gasteiger partial charge in [-0.1, -0.05) is 60.5 Å². The minimum Gasteiger partial charge on any atom is -0.338 e. The van der Waals surface area contributed by atoms with Gasteiger partial charge in [0.1, 0.15) is 0 Å². The number of piperidine rings is 1. The second kappa shape index (κ2) is 8.04. The maximum atomic E-state index is 12.8. The molecule has 0 N–H and O–H groups in total. The lowest BCUT2D eigenvalue weighted by molar-refractivity contribution is -0.131. The van der Waals surface area contributed by atoms with Crippen molar-refractivity contribution in [3.05, 3.63) is 59.1 Å². The Kier molecular flexibility index (Phi) is 5.51. The molecule has 2 aliphatic rings. The molecule has 0 saturated carbocycles. The first-order valence-corrected chi connectivity index (χ1v) is 10.3. The lowest BCUT2D eigenvalue weighted by Gasteiger charge is -2.28. The molecule has 2 aliphatic heterocycles. The van der Waals surface area contributed by atoms with E-state index in [2.05, 4.69) is 29.2 Å². The van der Waals surface area contributed by atoms with Crippen molar-refractivity contribution in [3.63, 3.8) is 0 Å². The van der Waals surface area contributed by atoms with Crippen molar-refractivity contribution in [1.82, 2.24) is 9.80 Å². The maximum Gasteiger partial charge on any atom is 0.227 e. The summed E-state index contributed by atoms with van der Waals surface area (Å²) in [6.45, 7) is 3.20. The van der Waals surface area contributed by atoms with Gasteiger partial charge < -0.3 is 9.80 Å². The summed E-state index contributed by atoms with van der Waals surface area (Å²) in [6, 6.07) is 16.6. The average Bonchev–Trinajstić information content (AvgIpc) is 2.98. The third-order valence-electron chi connectivity index (χ3n) is 6.08. The van der Waals surface area contributed by atoms with Crippen LogP contribution in [0.3, 0.4) is 0 Å². The van der Waals surface area contributed by atoms with Gasteiger partial charge in [-0.2, -0.15) is 0 Å². The molecule has 2 atom stereocenters. The van der Waals surface area contributed by atoms with E-state index in [0.717, 1.165) is 42.2 Å². The van der Waals surface area contributed by atoms with Gasteiger partial charge in [0.25, 0.3) is 0 Å². The lowest BCUT2D eigenvalue weighted by atomic mass is 9.96. The van der Waals surface area contributed by atoms with Gasteiger partial charge in [-0.25, -0.2) is 0 Å². The summed E-state index contributed by atoms with van der Waals surface area (Å²) in [5.41, 5.74) is 3.37. The molecule has 2 aromatic rings. The summed E-state index contributed by atoms with van der Waals surface area (Å²) >= 11 is 6.32. The lowest BCUT2D eigenvalue weighted by Crippen LogP contribution is -2.36. The second-order valence-corrected chi connectivity index (χ2v) is 8.27. The van der Waals surface area contributed by atoms with Crippen molar-refractivity contribution in [1.29, 1.82) is 0 Å². The highest BCUT2D eigenvalue weighted by Gasteiger charge is 2.38. The summed E-state index contributed by atoms with van der Waals surface area (Å²) in [6.07, 6.45) is 4.78. The third-order valence-corrected chi connectivity index (χ3v) is 6.41. The van der Waals surface area contributed by atoms with Gasteiger partial charge in [0.05, 0.1) is 12.0 Å². The zero-order valence-corrected chi connectivity index (χ0v) is 16.7. The van der Waals surface area contributed by atoms with Gasteiger partial charge in [0, 0.05) is 24.2 Å². The van der Waals surface area contributed by atoms with E-state index in [0.29, 0.717) is 5.91 Å². The van der Waals surface area contributed by atoms with Gasteiger partial charge in [-0.05, 0) is 49.5 Å². The van der Waals surface area contributed by atoms with Crippen molar-refractivity contribution >= 4 is 17.5 Å². The minimum absolute atomic E-state index is 0.126. The molecule has 0 aromatic heterocycles. The van der Waals surface area contributed by atoms with Gasteiger partial charge in [0.2, 0.25) is 5.91 Å².